The molecule has 2 atom stereocenters. The predicted molar refractivity (Wildman–Crippen MR) is 105 cm³/mol. The van der Waals surface area contributed by atoms with Gasteiger partial charge in [-0.3, -0.25) is 0 Å². The molecule has 1 aliphatic rings. The second-order valence-corrected chi connectivity index (χ2v) is 6.69. The highest BCUT2D eigenvalue weighted by atomic mass is 19.1. The largest absolute Gasteiger partial charge is 0.421 e. The lowest BCUT2D eigenvalue weighted by molar-refractivity contribution is -0.151. The third-order valence-electron chi connectivity index (χ3n) is 4.93. The second-order valence-electron chi connectivity index (χ2n) is 6.69. The lowest BCUT2D eigenvalue weighted by Gasteiger charge is -2.25. The minimum absolute atomic E-state index is 0.0709. The molecule has 0 aliphatic carbocycles. The molecule has 0 N–H and O–H groups in total. The summed E-state index contributed by atoms with van der Waals surface area (Å²) in [6, 6.07) is 10.9. The molecule has 27 heavy (non-hydrogen) atoms. The molecule has 0 bridgehead atoms. The molecule has 2 aromatic carbocycles. The molecule has 2 aromatic rings. The lowest BCUT2D eigenvalue weighted by Crippen LogP contribution is -2.34. The number of benzene rings is 2. The molecule has 0 aromatic heterocycles. The summed E-state index contributed by atoms with van der Waals surface area (Å²) in [6.45, 7) is 9.57. The summed E-state index contributed by atoms with van der Waals surface area (Å²) in [5.74, 6) is -0.912. The molecule has 2 unspecified atom stereocenters. The molecule has 0 spiro atoms. The van der Waals surface area contributed by atoms with E-state index in [4.69, 9.17) is 9.47 Å². The van der Waals surface area contributed by atoms with E-state index in [1.165, 1.54) is 6.07 Å². The summed E-state index contributed by atoms with van der Waals surface area (Å²) in [4.78, 5) is 12.3. The summed E-state index contributed by atoms with van der Waals surface area (Å²) in [7, 11) is 0. The van der Waals surface area contributed by atoms with E-state index in [9.17, 15) is 9.18 Å². The van der Waals surface area contributed by atoms with Crippen LogP contribution < -0.4 is 4.74 Å². The van der Waals surface area contributed by atoms with Crippen LogP contribution in [0.3, 0.4) is 0 Å². The van der Waals surface area contributed by atoms with Gasteiger partial charge in [0.05, 0.1) is 6.61 Å². The third kappa shape index (κ3) is 4.17. The van der Waals surface area contributed by atoms with E-state index in [0.29, 0.717) is 18.6 Å². The van der Waals surface area contributed by atoms with Gasteiger partial charge in [-0.15, -0.1) is 6.58 Å². The number of esters is 1. The molecular weight excluding hydrogens is 343 g/mol. The number of hydrogen-bond acceptors (Lipinski definition) is 3. The van der Waals surface area contributed by atoms with Gasteiger partial charge in [-0.1, -0.05) is 49.1 Å². The molecule has 3 rings (SSSR count). The second kappa shape index (κ2) is 8.31. The fourth-order valence-electron chi connectivity index (χ4n) is 3.17. The van der Waals surface area contributed by atoms with Crippen molar-refractivity contribution in [1.82, 2.24) is 0 Å². The van der Waals surface area contributed by atoms with Crippen molar-refractivity contribution in [2.45, 2.75) is 25.9 Å². The smallest absolute Gasteiger partial charge is 0.340 e. The van der Waals surface area contributed by atoms with E-state index in [2.05, 4.69) is 13.2 Å². The molecule has 4 heteroatoms. The SMILES string of the molecule is C=Cc1ccc(-c2ccc(OC(=O)C3CCC(C=C)CO3)c(F)c2C)cc1. The number of halogens is 1. The van der Waals surface area contributed by atoms with Crippen LogP contribution >= 0.6 is 0 Å². The Morgan fingerprint density at radius 2 is 1.93 bits per heavy atom. The Bertz CT molecular complexity index is 847. The van der Waals surface area contributed by atoms with Crippen LogP contribution in [-0.4, -0.2) is 18.7 Å². The zero-order chi connectivity index (χ0) is 19.4. The van der Waals surface area contributed by atoms with Crippen molar-refractivity contribution >= 4 is 12.0 Å². The number of ether oxygens (including phenoxy) is 2. The predicted octanol–water partition coefficient (Wildman–Crippen LogP) is 5.33. The van der Waals surface area contributed by atoms with Crippen LogP contribution in [0.15, 0.2) is 55.6 Å². The topological polar surface area (TPSA) is 35.5 Å². The molecule has 1 aliphatic heterocycles. The fraction of sp³-hybridized carbons (Fsp3) is 0.261. The van der Waals surface area contributed by atoms with Gasteiger partial charge >= 0.3 is 5.97 Å². The Hall–Kier alpha value is -2.72. The molecule has 3 nitrogen and oxygen atoms in total. The van der Waals surface area contributed by atoms with Crippen molar-refractivity contribution in [3.63, 3.8) is 0 Å². The molecule has 1 saturated heterocycles. The summed E-state index contributed by atoms with van der Waals surface area (Å²) in [5, 5.41) is 0. The molecular formula is C23H23FO3. The third-order valence-corrected chi connectivity index (χ3v) is 4.93. The minimum atomic E-state index is -0.660. The summed E-state index contributed by atoms with van der Waals surface area (Å²) in [6.07, 6.45) is 4.27. The standard InChI is InChI=1S/C23H23FO3/c1-4-16-6-9-18(10-7-16)19-11-13-20(22(24)15(19)3)27-23(25)21-12-8-17(5-2)14-26-21/h4-7,9-11,13,17,21H,1-2,8,12,14H2,3H3. The Kier molecular flexibility index (Phi) is 5.87. The first-order valence-electron chi connectivity index (χ1n) is 9.01. The maximum Gasteiger partial charge on any atom is 0.340 e. The van der Waals surface area contributed by atoms with Crippen molar-refractivity contribution < 1.29 is 18.7 Å². The van der Waals surface area contributed by atoms with Crippen LogP contribution in [0, 0.1) is 18.7 Å². The van der Waals surface area contributed by atoms with Crippen LogP contribution in [0.5, 0.6) is 5.75 Å². The Labute approximate surface area is 159 Å². The van der Waals surface area contributed by atoms with Gasteiger partial charge in [0.25, 0.3) is 0 Å². The number of carbonyl (C=O) groups is 1. The van der Waals surface area contributed by atoms with Gasteiger partial charge in [0.15, 0.2) is 17.7 Å². The summed E-state index contributed by atoms with van der Waals surface area (Å²) in [5.41, 5.74) is 3.07. The fourth-order valence-corrected chi connectivity index (χ4v) is 3.17. The van der Waals surface area contributed by atoms with Gasteiger partial charge in [-0.2, -0.15) is 0 Å². The lowest BCUT2D eigenvalue weighted by atomic mass is 9.98. The first-order chi connectivity index (χ1) is 13.0. The van der Waals surface area contributed by atoms with Crippen molar-refractivity contribution in [2.75, 3.05) is 6.61 Å². The Balaban J connectivity index is 1.75. The van der Waals surface area contributed by atoms with E-state index in [-0.39, 0.29) is 11.7 Å². The van der Waals surface area contributed by atoms with Crippen molar-refractivity contribution in [3.8, 4) is 16.9 Å². The summed E-state index contributed by atoms with van der Waals surface area (Å²) >= 11 is 0. The zero-order valence-electron chi connectivity index (χ0n) is 15.4. The highest BCUT2D eigenvalue weighted by Gasteiger charge is 2.28. The van der Waals surface area contributed by atoms with Crippen molar-refractivity contribution in [1.29, 1.82) is 0 Å². The Morgan fingerprint density at radius 1 is 1.19 bits per heavy atom. The maximum atomic E-state index is 14.8. The molecule has 0 radical (unpaired) electrons. The van der Waals surface area contributed by atoms with Gasteiger partial charge in [-0.05, 0) is 48.1 Å². The average Bonchev–Trinajstić information content (AvgIpc) is 2.71. The maximum absolute atomic E-state index is 14.8. The Morgan fingerprint density at radius 3 is 2.52 bits per heavy atom. The molecule has 1 fully saturated rings. The van der Waals surface area contributed by atoms with E-state index in [1.54, 1.807) is 19.1 Å². The molecule has 0 amide bonds. The first-order valence-corrected chi connectivity index (χ1v) is 9.01. The van der Waals surface area contributed by atoms with Crippen LogP contribution in [0.4, 0.5) is 4.39 Å². The van der Waals surface area contributed by atoms with Gasteiger partial charge in [0, 0.05) is 5.92 Å². The van der Waals surface area contributed by atoms with Crippen molar-refractivity contribution in [3.05, 3.63) is 72.6 Å². The number of hydrogen-bond donors (Lipinski definition) is 0. The van der Waals surface area contributed by atoms with Crippen LogP contribution in [0.25, 0.3) is 17.2 Å². The van der Waals surface area contributed by atoms with Crippen LogP contribution in [0.2, 0.25) is 0 Å². The monoisotopic (exact) mass is 366 g/mol. The zero-order valence-corrected chi connectivity index (χ0v) is 15.4. The van der Waals surface area contributed by atoms with Crippen LogP contribution in [0.1, 0.15) is 24.0 Å². The van der Waals surface area contributed by atoms with E-state index in [0.717, 1.165) is 23.1 Å². The minimum Gasteiger partial charge on any atom is -0.421 e. The first kappa shape index (κ1) is 19.1. The quantitative estimate of drug-likeness (QED) is 0.408. The van der Waals surface area contributed by atoms with Gasteiger partial charge in [0.2, 0.25) is 0 Å². The van der Waals surface area contributed by atoms with Gasteiger partial charge < -0.3 is 9.47 Å². The van der Waals surface area contributed by atoms with E-state index >= 15 is 0 Å². The molecule has 1 heterocycles. The highest BCUT2D eigenvalue weighted by molar-refractivity contribution is 5.78. The molecule has 0 saturated carbocycles. The van der Waals surface area contributed by atoms with Crippen molar-refractivity contribution in [2.24, 2.45) is 5.92 Å². The molecule has 140 valence electrons. The van der Waals surface area contributed by atoms with E-state index < -0.39 is 17.9 Å². The number of carbonyl (C=O) groups excluding carboxylic acids is 1. The normalized spacial score (nSPS) is 19.3. The number of rotatable bonds is 5. The van der Waals surface area contributed by atoms with E-state index in [1.807, 2.05) is 30.3 Å². The van der Waals surface area contributed by atoms with Gasteiger partial charge in [-0.25, -0.2) is 9.18 Å². The highest BCUT2D eigenvalue weighted by Crippen LogP contribution is 2.31. The van der Waals surface area contributed by atoms with Gasteiger partial charge in [0.1, 0.15) is 0 Å². The average molecular weight is 366 g/mol. The van der Waals surface area contributed by atoms with Crippen LogP contribution in [-0.2, 0) is 9.53 Å². The summed E-state index contributed by atoms with van der Waals surface area (Å²) < 4.78 is 25.6.